The molecule has 0 unspecified atom stereocenters. The maximum Gasteiger partial charge on any atom is 0.270 e. The fourth-order valence-corrected chi connectivity index (χ4v) is 2.49. The van der Waals surface area contributed by atoms with E-state index in [1.807, 2.05) is 12.5 Å². The van der Waals surface area contributed by atoms with Gasteiger partial charge in [-0.2, -0.15) is 9.24 Å². The first-order valence-electron chi connectivity index (χ1n) is 4.16. The number of aromatic hydroxyl groups is 1. The summed E-state index contributed by atoms with van der Waals surface area (Å²) < 4.78 is 0. The number of phenols is 1. The van der Waals surface area contributed by atoms with Crippen molar-refractivity contribution in [1.82, 2.24) is 0 Å². The number of phenolic OH excluding ortho intramolecular Hbond substituents is 1. The lowest BCUT2D eigenvalue weighted by atomic mass is 10.2. The lowest BCUT2D eigenvalue weighted by molar-refractivity contribution is -0.384. The smallest absolute Gasteiger partial charge is 0.270 e. The first-order valence-corrected chi connectivity index (χ1v) is 7.61. The van der Waals surface area contributed by atoms with Crippen LogP contribution in [0, 0.1) is 10.1 Å². The summed E-state index contributed by atoms with van der Waals surface area (Å²) in [5, 5.41) is 20.0. The first kappa shape index (κ1) is 12.1. The summed E-state index contributed by atoms with van der Waals surface area (Å²) in [6.45, 7) is 0. The zero-order valence-corrected chi connectivity index (χ0v) is 10.0. The molecule has 1 aromatic carbocycles. The molecule has 15 heavy (non-hydrogen) atoms. The molecule has 0 amide bonds. The highest BCUT2D eigenvalue weighted by Crippen LogP contribution is 2.50. The van der Waals surface area contributed by atoms with Gasteiger partial charge in [0.15, 0.2) is 0 Å². The summed E-state index contributed by atoms with van der Waals surface area (Å²) in [7, 11) is 4.72. The fraction of sp³-hybridized carbons (Fsp3) is 0.333. The summed E-state index contributed by atoms with van der Waals surface area (Å²) >= 11 is 0. The van der Waals surface area contributed by atoms with Crippen LogP contribution < -0.4 is 0 Å². The molecule has 0 fully saturated rings. The van der Waals surface area contributed by atoms with E-state index >= 15 is 0 Å². The minimum Gasteiger partial charge on any atom is -0.508 e. The van der Waals surface area contributed by atoms with E-state index in [1.165, 1.54) is 18.2 Å². The van der Waals surface area contributed by atoms with Gasteiger partial charge in [0.1, 0.15) is 5.75 Å². The number of non-ortho nitro benzene ring substituents is 1. The molecule has 6 heteroatoms. The standard InChI is InChI=1S/C9H12ClNO3S/c1-15(2,10)6-7-5-8(11(13)14)3-4-9(7)12/h3-5,12H,6H2,1-2H3. The molecule has 0 aliphatic carbocycles. The average Bonchev–Trinajstić information content (AvgIpc) is 2.06. The van der Waals surface area contributed by atoms with Crippen molar-refractivity contribution in [2.24, 2.45) is 0 Å². The van der Waals surface area contributed by atoms with Gasteiger partial charge in [-0.15, -0.1) is 0 Å². The van der Waals surface area contributed by atoms with E-state index in [0.717, 1.165) is 0 Å². The monoisotopic (exact) mass is 249 g/mol. The van der Waals surface area contributed by atoms with Gasteiger partial charge in [-0.05, 0) is 18.6 Å². The van der Waals surface area contributed by atoms with Crippen LogP contribution in [0.3, 0.4) is 0 Å². The third kappa shape index (κ3) is 3.60. The lowest BCUT2D eigenvalue weighted by Gasteiger charge is -2.21. The predicted molar refractivity (Wildman–Crippen MR) is 63.8 cm³/mol. The number of nitro benzene ring substituents is 1. The summed E-state index contributed by atoms with van der Waals surface area (Å²) in [5.41, 5.74) is 0.502. The molecule has 0 aliphatic heterocycles. The van der Waals surface area contributed by atoms with E-state index in [4.69, 9.17) is 10.7 Å². The Morgan fingerprint density at radius 1 is 1.53 bits per heavy atom. The van der Waals surface area contributed by atoms with Crippen molar-refractivity contribution in [1.29, 1.82) is 0 Å². The number of rotatable bonds is 3. The SMILES string of the molecule is CS(C)(Cl)Cc1cc([N+](=O)[O-])ccc1O. The molecule has 1 aromatic rings. The second kappa shape index (κ2) is 4.28. The maximum absolute atomic E-state index is 10.5. The van der Waals surface area contributed by atoms with Crippen molar-refractivity contribution < 1.29 is 10.0 Å². The minimum atomic E-state index is -1.35. The topological polar surface area (TPSA) is 63.4 Å². The third-order valence-corrected chi connectivity index (χ3v) is 3.10. The van der Waals surface area contributed by atoms with Crippen LogP contribution in [-0.2, 0) is 5.75 Å². The number of hydrogen-bond donors (Lipinski definition) is 1. The van der Waals surface area contributed by atoms with Crippen LogP contribution in [0.15, 0.2) is 18.2 Å². The molecule has 0 atom stereocenters. The summed E-state index contributed by atoms with van der Waals surface area (Å²) in [6, 6.07) is 3.97. The van der Waals surface area contributed by atoms with Gasteiger partial charge in [0, 0.05) is 23.4 Å². The summed E-state index contributed by atoms with van der Waals surface area (Å²) in [4.78, 5) is 10.0. The molecule has 0 aromatic heterocycles. The van der Waals surface area contributed by atoms with Gasteiger partial charge in [-0.25, -0.2) is 0 Å². The Morgan fingerprint density at radius 3 is 2.60 bits per heavy atom. The molecule has 0 heterocycles. The fourth-order valence-electron chi connectivity index (χ4n) is 1.17. The van der Waals surface area contributed by atoms with Crippen LogP contribution in [0.2, 0.25) is 0 Å². The molecule has 0 saturated heterocycles. The number of nitro groups is 1. The van der Waals surface area contributed by atoms with Gasteiger partial charge < -0.3 is 5.11 Å². The Labute approximate surface area is 93.8 Å². The predicted octanol–water partition coefficient (Wildman–Crippen LogP) is 3.02. The number of hydrogen-bond acceptors (Lipinski definition) is 3. The van der Waals surface area contributed by atoms with Crippen molar-refractivity contribution in [2.75, 3.05) is 12.5 Å². The van der Waals surface area contributed by atoms with E-state index in [2.05, 4.69) is 0 Å². The number of benzene rings is 1. The highest BCUT2D eigenvalue weighted by atomic mass is 35.7. The maximum atomic E-state index is 10.5. The molecule has 0 spiro atoms. The molecule has 1 N–H and O–H groups in total. The van der Waals surface area contributed by atoms with Crippen molar-refractivity contribution in [3.63, 3.8) is 0 Å². The summed E-state index contributed by atoms with van der Waals surface area (Å²) in [5.74, 6) is 0.518. The number of nitrogens with zero attached hydrogens (tertiary/aromatic N) is 1. The Kier molecular flexibility index (Phi) is 3.46. The molecule has 4 nitrogen and oxygen atoms in total. The molecular weight excluding hydrogens is 238 g/mol. The highest BCUT2D eigenvalue weighted by molar-refractivity contribution is 8.49. The van der Waals surface area contributed by atoms with E-state index < -0.39 is 14.2 Å². The number of halogens is 1. The van der Waals surface area contributed by atoms with Crippen LogP contribution in [0.1, 0.15) is 5.56 Å². The third-order valence-electron chi connectivity index (χ3n) is 1.77. The van der Waals surface area contributed by atoms with Crippen molar-refractivity contribution in [2.45, 2.75) is 5.75 Å². The van der Waals surface area contributed by atoms with Crippen LogP contribution in [0.5, 0.6) is 5.75 Å². The Balaban J connectivity index is 3.06. The van der Waals surface area contributed by atoms with Gasteiger partial charge in [0.2, 0.25) is 0 Å². The molecule has 1 rings (SSSR count). The first-order chi connectivity index (χ1) is 6.79. The Morgan fingerprint density at radius 2 is 2.13 bits per heavy atom. The second-order valence-corrected chi connectivity index (χ2v) is 9.22. The molecular formula is C9H12ClNO3S. The van der Waals surface area contributed by atoms with Crippen LogP contribution in [0.25, 0.3) is 0 Å². The molecule has 0 bridgehead atoms. The summed E-state index contributed by atoms with van der Waals surface area (Å²) in [6.07, 6.45) is 3.74. The minimum absolute atomic E-state index is 0.0249. The van der Waals surface area contributed by atoms with Crippen molar-refractivity contribution in [3.8, 4) is 5.75 Å². The Bertz CT molecular complexity index is 389. The second-order valence-electron chi connectivity index (χ2n) is 3.62. The molecule has 0 aliphatic rings. The van der Waals surface area contributed by atoms with E-state index in [0.29, 0.717) is 11.3 Å². The quantitative estimate of drug-likeness (QED) is 0.662. The zero-order chi connectivity index (χ0) is 11.6. The van der Waals surface area contributed by atoms with Gasteiger partial charge in [0.05, 0.1) is 4.92 Å². The zero-order valence-electron chi connectivity index (χ0n) is 8.44. The highest BCUT2D eigenvalue weighted by Gasteiger charge is 2.15. The van der Waals surface area contributed by atoms with Crippen molar-refractivity contribution in [3.05, 3.63) is 33.9 Å². The van der Waals surface area contributed by atoms with E-state index in [9.17, 15) is 15.2 Å². The molecule has 84 valence electrons. The Hall–Kier alpha value is -0.940. The van der Waals surface area contributed by atoms with E-state index in [1.54, 1.807) is 0 Å². The molecule has 0 saturated carbocycles. The van der Waals surface area contributed by atoms with E-state index in [-0.39, 0.29) is 11.4 Å². The van der Waals surface area contributed by atoms with Gasteiger partial charge in [-0.1, -0.05) is 10.7 Å². The van der Waals surface area contributed by atoms with Crippen molar-refractivity contribution >= 4 is 25.6 Å². The van der Waals surface area contributed by atoms with Gasteiger partial charge in [-0.3, -0.25) is 10.1 Å². The largest absolute Gasteiger partial charge is 0.508 e. The van der Waals surface area contributed by atoms with Gasteiger partial charge >= 0.3 is 0 Å². The lowest BCUT2D eigenvalue weighted by Crippen LogP contribution is -1.95. The van der Waals surface area contributed by atoms with Crippen LogP contribution in [-0.4, -0.2) is 22.5 Å². The molecule has 0 radical (unpaired) electrons. The van der Waals surface area contributed by atoms with Gasteiger partial charge in [0.25, 0.3) is 5.69 Å². The van der Waals surface area contributed by atoms with Crippen LogP contribution >= 0.6 is 19.9 Å². The average molecular weight is 250 g/mol. The van der Waals surface area contributed by atoms with Crippen LogP contribution in [0.4, 0.5) is 5.69 Å². The normalized spacial score (nSPS) is 12.5.